The highest BCUT2D eigenvalue weighted by atomic mass is 19.1. The fourth-order valence-corrected chi connectivity index (χ4v) is 2.02. The molecule has 0 saturated carbocycles. The molecule has 0 bridgehead atoms. The first-order chi connectivity index (χ1) is 10.7. The van der Waals surface area contributed by atoms with Crippen molar-refractivity contribution in [3.63, 3.8) is 0 Å². The Balaban J connectivity index is 2.17. The highest BCUT2D eigenvalue weighted by molar-refractivity contribution is 5.92. The van der Waals surface area contributed by atoms with Crippen LogP contribution in [0.4, 0.5) is 4.39 Å². The molecule has 0 spiro atoms. The molecular formula is C16H10FN3O2. The van der Waals surface area contributed by atoms with Crippen molar-refractivity contribution in [2.45, 2.75) is 0 Å². The Morgan fingerprint density at radius 1 is 0.955 bits per heavy atom. The van der Waals surface area contributed by atoms with Gasteiger partial charge in [-0.25, -0.2) is 14.2 Å². The van der Waals surface area contributed by atoms with E-state index in [2.05, 4.69) is 15.2 Å². The van der Waals surface area contributed by atoms with E-state index in [1.807, 2.05) is 0 Å². The molecule has 1 heterocycles. The van der Waals surface area contributed by atoms with Crippen molar-refractivity contribution >= 4 is 5.97 Å². The third kappa shape index (κ3) is 2.54. The van der Waals surface area contributed by atoms with Gasteiger partial charge in [0.1, 0.15) is 11.5 Å². The zero-order chi connectivity index (χ0) is 15.5. The van der Waals surface area contributed by atoms with Gasteiger partial charge in [0.05, 0.1) is 5.56 Å². The van der Waals surface area contributed by atoms with Gasteiger partial charge < -0.3 is 5.11 Å². The van der Waals surface area contributed by atoms with Crippen molar-refractivity contribution < 1.29 is 14.3 Å². The van der Waals surface area contributed by atoms with Crippen LogP contribution in [0.5, 0.6) is 0 Å². The fraction of sp³-hybridized carbons (Fsp3) is 0. The van der Waals surface area contributed by atoms with Gasteiger partial charge in [0.2, 0.25) is 0 Å². The van der Waals surface area contributed by atoms with Crippen LogP contribution in [-0.2, 0) is 0 Å². The number of hydrogen-bond acceptors (Lipinski definition) is 4. The topological polar surface area (TPSA) is 76.0 Å². The molecule has 3 rings (SSSR count). The lowest BCUT2D eigenvalue weighted by molar-refractivity contribution is 0.0690. The van der Waals surface area contributed by atoms with E-state index in [-0.39, 0.29) is 22.8 Å². The van der Waals surface area contributed by atoms with Crippen LogP contribution in [0, 0.1) is 5.82 Å². The maximum absolute atomic E-state index is 13.8. The van der Waals surface area contributed by atoms with Crippen LogP contribution < -0.4 is 0 Å². The monoisotopic (exact) mass is 295 g/mol. The summed E-state index contributed by atoms with van der Waals surface area (Å²) in [5, 5.41) is 17.1. The summed E-state index contributed by atoms with van der Waals surface area (Å²) >= 11 is 0. The molecule has 0 aliphatic heterocycles. The van der Waals surface area contributed by atoms with Gasteiger partial charge >= 0.3 is 5.97 Å². The first-order valence-corrected chi connectivity index (χ1v) is 6.45. The zero-order valence-corrected chi connectivity index (χ0v) is 11.3. The number of benzene rings is 2. The van der Waals surface area contributed by atoms with Crippen molar-refractivity contribution in [3.05, 3.63) is 66.1 Å². The minimum atomic E-state index is -1.24. The summed E-state index contributed by atoms with van der Waals surface area (Å²) in [7, 11) is 0. The number of carboxylic acids is 1. The number of hydrogen-bond donors (Lipinski definition) is 1. The Morgan fingerprint density at radius 3 is 2.32 bits per heavy atom. The minimum Gasteiger partial charge on any atom is -0.476 e. The van der Waals surface area contributed by atoms with Gasteiger partial charge in [-0.15, -0.1) is 10.2 Å². The van der Waals surface area contributed by atoms with Crippen LogP contribution in [0.2, 0.25) is 0 Å². The van der Waals surface area contributed by atoms with Crippen LogP contribution in [0.3, 0.4) is 0 Å². The van der Waals surface area contributed by atoms with Crippen molar-refractivity contribution in [2.24, 2.45) is 0 Å². The molecule has 1 aromatic heterocycles. The Hall–Kier alpha value is -3.15. The summed E-state index contributed by atoms with van der Waals surface area (Å²) in [6, 6.07) is 14.6. The summed E-state index contributed by atoms with van der Waals surface area (Å²) in [6.07, 6.45) is 0. The number of carbonyl (C=O) groups is 1. The largest absolute Gasteiger partial charge is 0.476 e. The van der Waals surface area contributed by atoms with Crippen LogP contribution in [0.15, 0.2) is 54.6 Å². The van der Waals surface area contributed by atoms with Gasteiger partial charge in [-0.1, -0.05) is 42.5 Å². The van der Waals surface area contributed by atoms with E-state index in [1.54, 1.807) is 36.4 Å². The molecule has 1 N–H and O–H groups in total. The molecule has 5 nitrogen and oxygen atoms in total. The first-order valence-electron chi connectivity index (χ1n) is 6.45. The number of carboxylic acid groups (broad SMARTS) is 1. The second kappa shape index (κ2) is 5.69. The molecule has 0 fully saturated rings. The molecule has 3 aromatic rings. The van der Waals surface area contributed by atoms with Crippen molar-refractivity contribution in [1.29, 1.82) is 0 Å². The Kier molecular flexibility index (Phi) is 3.57. The summed E-state index contributed by atoms with van der Waals surface area (Å²) in [4.78, 5) is 15.4. The van der Waals surface area contributed by atoms with Gasteiger partial charge in [0.25, 0.3) is 0 Å². The third-order valence-corrected chi connectivity index (χ3v) is 3.05. The van der Waals surface area contributed by atoms with E-state index in [0.29, 0.717) is 5.56 Å². The van der Waals surface area contributed by atoms with Gasteiger partial charge in [0, 0.05) is 5.56 Å². The smallest absolute Gasteiger partial charge is 0.356 e. The molecule has 0 amide bonds. The van der Waals surface area contributed by atoms with E-state index >= 15 is 0 Å². The predicted molar refractivity (Wildman–Crippen MR) is 77.6 cm³/mol. The third-order valence-electron chi connectivity index (χ3n) is 3.05. The maximum atomic E-state index is 13.8. The minimum absolute atomic E-state index is 0.0600. The number of nitrogens with zero attached hydrogens (tertiary/aromatic N) is 3. The second-order valence-electron chi connectivity index (χ2n) is 4.48. The van der Waals surface area contributed by atoms with Gasteiger partial charge in [0.15, 0.2) is 11.5 Å². The molecule has 22 heavy (non-hydrogen) atoms. The summed E-state index contributed by atoms with van der Waals surface area (Å²) in [5.74, 6) is -1.84. The Bertz CT molecular complexity index is 838. The van der Waals surface area contributed by atoms with E-state index < -0.39 is 11.8 Å². The lowest BCUT2D eigenvalue weighted by Gasteiger charge is -2.06. The number of rotatable bonds is 3. The van der Waals surface area contributed by atoms with E-state index in [1.165, 1.54) is 18.2 Å². The standard InChI is InChI=1S/C16H10FN3O2/c17-12-9-5-4-8-11(12)15-18-14(16(21)22)13(19-20-15)10-6-2-1-3-7-10/h1-9H,(H,21,22). The molecular weight excluding hydrogens is 285 g/mol. The van der Waals surface area contributed by atoms with Gasteiger partial charge in [-0.2, -0.15) is 0 Å². The summed E-state index contributed by atoms with van der Waals surface area (Å²) in [5.41, 5.74) is 0.574. The molecule has 6 heteroatoms. The molecule has 2 aromatic carbocycles. The second-order valence-corrected chi connectivity index (χ2v) is 4.48. The Labute approximate surface area is 125 Å². The summed E-state index contributed by atoms with van der Waals surface area (Å²) in [6.45, 7) is 0. The number of halogens is 1. The van der Waals surface area contributed by atoms with E-state index in [4.69, 9.17) is 0 Å². The number of aromatic nitrogens is 3. The zero-order valence-electron chi connectivity index (χ0n) is 11.3. The van der Waals surface area contributed by atoms with Crippen molar-refractivity contribution in [2.75, 3.05) is 0 Å². The Morgan fingerprint density at radius 2 is 1.64 bits per heavy atom. The van der Waals surface area contributed by atoms with Gasteiger partial charge in [-0.05, 0) is 12.1 Å². The highest BCUT2D eigenvalue weighted by Gasteiger charge is 2.19. The lowest BCUT2D eigenvalue weighted by atomic mass is 10.1. The summed E-state index contributed by atoms with van der Waals surface area (Å²) < 4.78 is 13.8. The molecule has 0 aliphatic carbocycles. The molecule has 0 atom stereocenters. The lowest BCUT2D eigenvalue weighted by Crippen LogP contribution is -2.09. The fourth-order valence-electron chi connectivity index (χ4n) is 2.02. The van der Waals surface area contributed by atoms with Crippen LogP contribution >= 0.6 is 0 Å². The quantitative estimate of drug-likeness (QED) is 0.803. The van der Waals surface area contributed by atoms with Crippen LogP contribution in [0.1, 0.15) is 10.5 Å². The van der Waals surface area contributed by atoms with Crippen molar-refractivity contribution in [3.8, 4) is 22.6 Å². The van der Waals surface area contributed by atoms with Crippen molar-refractivity contribution in [1.82, 2.24) is 15.2 Å². The average Bonchev–Trinajstić information content (AvgIpc) is 2.55. The first kappa shape index (κ1) is 13.8. The highest BCUT2D eigenvalue weighted by Crippen LogP contribution is 2.23. The SMILES string of the molecule is O=C(O)c1nc(-c2ccccc2F)nnc1-c1ccccc1. The molecule has 0 aliphatic rings. The normalized spacial score (nSPS) is 10.4. The van der Waals surface area contributed by atoms with E-state index in [9.17, 15) is 14.3 Å². The molecule has 0 saturated heterocycles. The maximum Gasteiger partial charge on any atom is 0.356 e. The number of aromatic carboxylic acids is 1. The van der Waals surface area contributed by atoms with Crippen LogP contribution in [0.25, 0.3) is 22.6 Å². The predicted octanol–water partition coefficient (Wildman–Crippen LogP) is 3.04. The van der Waals surface area contributed by atoms with Gasteiger partial charge in [-0.3, -0.25) is 0 Å². The van der Waals surface area contributed by atoms with E-state index in [0.717, 1.165) is 0 Å². The molecule has 108 valence electrons. The molecule has 0 unspecified atom stereocenters. The average molecular weight is 295 g/mol. The van der Waals surface area contributed by atoms with Crippen LogP contribution in [-0.4, -0.2) is 26.3 Å². The molecule has 0 radical (unpaired) electrons.